The van der Waals surface area contributed by atoms with Gasteiger partial charge in [-0.1, -0.05) is 97.1 Å². The predicted molar refractivity (Wildman–Crippen MR) is 210 cm³/mol. The van der Waals surface area contributed by atoms with E-state index in [-0.39, 0.29) is 0 Å². The molecule has 0 saturated carbocycles. The minimum Gasteiger partial charge on any atom is -0.399 e. The monoisotopic (exact) mass is 651 g/mol. The molecule has 0 radical (unpaired) electrons. The molecule has 1 fully saturated rings. The summed E-state index contributed by atoms with van der Waals surface area (Å²) in [6, 6.07) is 49.0. The Morgan fingerprint density at radius 1 is 0.551 bits per heavy atom. The van der Waals surface area contributed by atoms with Gasteiger partial charge >= 0.3 is 7.12 Å². The number of para-hydroxylation sites is 1. The fraction of sp³-hybridized carbons (Fsp3) is 0.136. The van der Waals surface area contributed by atoms with Gasteiger partial charge in [0.25, 0.3) is 0 Å². The van der Waals surface area contributed by atoms with Crippen LogP contribution in [-0.2, 0) is 9.31 Å². The first kappa shape index (κ1) is 29.0. The predicted octanol–water partition coefficient (Wildman–Crippen LogP) is 11.4. The molecule has 0 aliphatic carbocycles. The third kappa shape index (κ3) is 4.23. The molecular weight excluding hydrogens is 617 g/mol. The smallest absolute Gasteiger partial charge is 0.399 e. The van der Waals surface area contributed by atoms with Crippen LogP contribution >= 0.6 is 11.3 Å². The van der Waals surface area contributed by atoms with Crippen LogP contribution in [0, 0.1) is 0 Å². The minimum atomic E-state index is -0.410. The van der Waals surface area contributed by atoms with Gasteiger partial charge in [-0.2, -0.15) is 0 Å². The molecule has 1 aliphatic heterocycles. The van der Waals surface area contributed by atoms with Crippen molar-refractivity contribution in [2.75, 3.05) is 0 Å². The number of fused-ring (bicyclic) bond motifs is 9. The SMILES string of the molecule is CC1(C)OB(c2cccc3c2sc2cc(-c4cccc(-n5c6ccccc6c6cc7ccccc7cc65)c4)c4ccccc4c23)OC1(C)C. The Hall–Kier alpha value is -4.94. The van der Waals surface area contributed by atoms with E-state index in [1.165, 1.54) is 74.6 Å². The van der Waals surface area contributed by atoms with Crippen molar-refractivity contribution >= 4 is 87.4 Å². The molecule has 9 aromatic rings. The summed E-state index contributed by atoms with van der Waals surface area (Å²) in [4.78, 5) is 0. The molecular formula is C44H34BNO2S. The number of hydrogen-bond acceptors (Lipinski definition) is 3. The van der Waals surface area contributed by atoms with Crippen molar-refractivity contribution in [2.24, 2.45) is 0 Å². The summed E-state index contributed by atoms with van der Waals surface area (Å²) in [6.07, 6.45) is 0. The summed E-state index contributed by atoms with van der Waals surface area (Å²) in [5, 5.41) is 10.1. The van der Waals surface area contributed by atoms with E-state index in [2.05, 4.69) is 166 Å². The third-order valence-electron chi connectivity index (χ3n) is 11.0. The summed E-state index contributed by atoms with van der Waals surface area (Å²) in [5.74, 6) is 0. The second-order valence-corrected chi connectivity index (χ2v) is 15.4. The Morgan fingerprint density at radius 2 is 1.20 bits per heavy atom. The Bertz CT molecular complexity index is 2790. The number of hydrogen-bond donors (Lipinski definition) is 0. The van der Waals surface area contributed by atoms with Crippen LogP contribution in [0.3, 0.4) is 0 Å². The topological polar surface area (TPSA) is 23.4 Å². The summed E-state index contributed by atoms with van der Waals surface area (Å²) >= 11 is 1.84. The molecule has 0 N–H and O–H groups in total. The van der Waals surface area contributed by atoms with Gasteiger partial charge in [-0.25, -0.2) is 0 Å². The van der Waals surface area contributed by atoms with E-state index in [4.69, 9.17) is 9.31 Å². The van der Waals surface area contributed by atoms with Gasteiger partial charge in [0.2, 0.25) is 0 Å². The van der Waals surface area contributed by atoms with Crippen LogP contribution in [0.1, 0.15) is 27.7 Å². The van der Waals surface area contributed by atoms with Crippen molar-refractivity contribution in [2.45, 2.75) is 38.9 Å². The Morgan fingerprint density at radius 3 is 2.00 bits per heavy atom. The Kier molecular flexibility index (Phi) is 6.09. The fourth-order valence-corrected chi connectivity index (χ4v) is 9.10. The molecule has 10 rings (SSSR count). The maximum atomic E-state index is 6.55. The maximum absolute atomic E-state index is 6.55. The summed E-state index contributed by atoms with van der Waals surface area (Å²) in [6.45, 7) is 8.47. The lowest BCUT2D eigenvalue weighted by molar-refractivity contribution is 0.00578. The van der Waals surface area contributed by atoms with Crippen molar-refractivity contribution in [3.05, 3.63) is 133 Å². The molecule has 0 amide bonds. The minimum absolute atomic E-state index is 0.398. The summed E-state index contributed by atoms with van der Waals surface area (Å²) < 4.78 is 18.0. The van der Waals surface area contributed by atoms with E-state index in [1.807, 2.05) is 11.3 Å². The highest BCUT2D eigenvalue weighted by Crippen LogP contribution is 2.44. The molecule has 3 nitrogen and oxygen atoms in total. The summed E-state index contributed by atoms with van der Waals surface area (Å²) in [5.41, 5.74) is 6.33. The molecule has 3 heterocycles. The fourth-order valence-electron chi connectivity index (χ4n) is 7.82. The number of aromatic nitrogens is 1. The van der Waals surface area contributed by atoms with E-state index in [9.17, 15) is 0 Å². The third-order valence-corrected chi connectivity index (χ3v) is 12.2. The van der Waals surface area contributed by atoms with Crippen LogP contribution < -0.4 is 5.46 Å². The van der Waals surface area contributed by atoms with Gasteiger partial charge in [0, 0.05) is 42.1 Å². The van der Waals surface area contributed by atoms with E-state index in [0.717, 1.165) is 11.2 Å². The molecule has 236 valence electrons. The molecule has 0 bridgehead atoms. The molecule has 0 unspecified atom stereocenters. The van der Waals surface area contributed by atoms with E-state index in [1.54, 1.807) is 0 Å². The molecule has 49 heavy (non-hydrogen) atoms. The quantitative estimate of drug-likeness (QED) is 0.178. The van der Waals surface area contributed by atoms with Crippen molar-refractivity contribution in [3.8, 4) is 16.8 Å². The van der Waals surface area contributed by atoms with Crippen LogP contribution in [0.5, 0.6) is 0 Å². The van der Waals surface area contributed by atoms with E-state index < -0.39 is 18.3 Å². The zero-order chi connectivity index (χ0) is 33.1. The maximum Gasteiger partial charge on any atom is 0.496 e. The van der Waals surface area contributed by atoms with Gasteiger partial charge in [-0.15, -0.1) is 11.3 Å². The van der Waals surface area contributed by atoms with Gasteiger partial charge in [0.15, 0.2) is 0 Å². The average Bonchev–Trinajstić information content (AvgIpc) is 3.72. The summed E-state index contributed by atoms with van der Waals surface area (Å²) in [7, 11) is -0.410. The lowest BCUT2D eigenvalue weighted by Gasteiger charge is -2.32. The lowest BCUT2D eigenvalue weighted by Crippen LogP contribution is -2.41. The van der Waals surface area contributed by atoms with E-state index >= 15 is 0 Å². The van der Waals surface area contributed by atoms with Gasteiger partial charge in [0.05, 0.1) is 22.2 Å². The van der Waals surface area contributed by atoms with Gasteiger partial charge in [0.1, 0.15) is 0 Å². The zero-order valence-electron chi connectivity index (χ0n) is 28.0. The second-order valence-electron chi connectivity index (χ2n) is 14.4. The molecule has 0 atom stereocenters. The number of thiophene rings is 1. The molecule has 7 aromatic carbocycles. The Labute approximate surface area is 289 Å². The molecule has 5 heteroatoms. The number of rotatable bonds is 3. The van der Waals surface area contributed by atoms with Crippen molar-refractivity contribution in [1.29, 1.82) is 0 Å². The van der Waals surface area contributed by atoms with Crippen molar-refractivity contribution in [3.63, 3.8) is 0 Å². The molecule has 0 spiro atoms. The van der Waals surface area contributed by atoms with Gasteiger partial charge in [-0.3, -0.25) is 0 Å². The van der Waals surface area contributed by atoms with Crippen LogP contribution in [-0.4, -0.2) is 22.9 Å². The first-order chi connectivity index (χ1) is 23.8. The van der Waals surface area contributed by atoms with Crippen LogP contribution in [0.2, 0.25) is 0 Å². The highest BCUT2D eigenvalue weighted by Gasteiger charge is 2.52. The van der Waals surface area contributed by atoms with Crippen LogP contribution in [0.15, 0.2) is 133 Å². The average molecular weight is 652 g/mol. The van der Waals surface area contributed by atoms with Gasteiger partial charge < -0.3 is 13.9 Å². The van der Waals surface area contributed by atoms with Crippen LogP contribution in [0.25, 0.3) is 80.3 Å². The molecule has 1 aliphatic rings. The zero-order valence-corrected chi connectivity index (χ0v) is 28.8. The molecule has 1 saturated heterocycles. The Balaban J connectivity index is 1.19. The van der Waals surface area contributed by atoms with Gasteiger partial charge in [-0.05, 0) is 96.8 Å². The largest absolute Gasteiger partial charge is 0.496 e. The highest BCUT2D eigenvalue weighted by molar-refractivity contribution is 7.27. The van der Waals surface area contributed by atoms with Crippen LogP contribution in [0.4, 0.5) is 0 Å². The first-order valence-electron chi connectivity index (χ1n) is 17.0. The number of benzene rings is 7. The first-order valence-corrected chi connectivity index (χ1v) is 17.8. The second kappa shape index (κ2) is 10.3. The van der Waals surface area contributed by atoms with E-state index in [0.29, 0.717) is 0 Å². The highest BCUT2D eigenvalue weighted by atomic mass is 32.1. The van der Waals surface area contributed by atoms with Crippen molar-refractivity contribution < 1.29 is 9.31 Å². The van der Waals surface area contributed by atoms with Crippen molar-refractivity contribution in [1.82, 2.24) is 4.57 Å². The normalized spacial score (nSPS) is 15.9. The molecule has 2 aromatic heterocycles. The lowest BCUT2D eigenvalue weighted by atomic mass is 9.78. The standard InChI is InChI=1S/C44H34BNO2S/c1-43(2)44(3,4)48-45(47-43)37-21-12-20-34-41-33-19-8-7-17-31(33)35(26-40(41)49-42(34)37)29-15-11-16-30(23-29)46-38-22-10-9-18-32(38)36-24-27-13-5-6-14-28(27)25-39(36)46/h5-26H,1-4H3. The number of nitrogens with zero attached hydrogens (tertiary/aromatic N) is 1.